The summed E-state index contributed by atoms with van der Waals surface area (Å²) in [7, 11) is 1.70. The molecule has 2 rings (SSSR count). The van der Waals surface area contributed by atoms with Crippen LogP contribution < -0.4 is 10.6 Å². The molecular formula is C11H20N2O3. The second-order valence-electron chi connectivity index (χ2n) is 4.38. The van der Waals surface area contributed by atoms with Gasteiger partial charge in [0.1, 0.15) is 6.10 Å². The summed E-state index contributed by atoms with van der Waals surface area (Å²) >= 11 is 0. The first-order valence-electron chi connectivity index (χ1n) is 5.96. The molecule has 2 fully saturated rings. The van der Waals surface area contributed by atoms with Gasteiger partial charge in [-0.15, -0.1) is 0 Å². The maximum atomic E-state index is 11.9. The lowest BCUT2D eigenvalue weighted by Crippen LogP contribution is -2.51. The van der Waals surface area contributed by atoms with Crippen LogP contribution in [-0.4, -0.2) is 51.0 Å². The Bertz CT molecular complexity index is 241. The minimum atomic E-state index is -0.341. The van der Waals surface area contributed by atoms with Crippen molar-refractivity contribution in [2.75, 3.05) is 26.8 Å². The Morgan fingerprint density at radius 1 is 1.50 bits per heavy atom. The third kappa shape index (κ3) is 2.72. The normalized spacial score (nSPS) is 34.9. The summed E-state index contributed by atoms with van der Waals surface area (Å²) in [6.07, 6.45) is 2.98. The second kappa shape index (κ2) is 5.61. The van der Waals surface area contributed by atoms with Crippen molar-refractivity contribution in [1.29, 1.82) is 0 Å². The standard InChI is InChI=1S/C11H20N2O3/c1-15-9-4-2-3-8(9)13-11(14)10-7-12-5-6-16-10/h8-10,12H,2-7H2,1H3,(H,13,14). The van der Waals surface area contributed by atoms with Crippen molar-refractivity contribution in [2.24, 2.45) is 0 Å². The molecule has 5 heteroatoms. The Morgan fingerprint density at radius 2 is 2.38 bits per heavy atom. The van der Waals surface area contributed by atoms with Gasteiger partial charge in [0.25, 0.3) is 5.91 Å². The van der Waals surface area contributed by atoms with E-state index in [1.807, 2.05) is 0 Å². The van der Waals surface area contributed by atoms with Gasteiger partial charge < -0.3 is 20.1 Å². The van der Waals surface area contributed by atoms with Gasteiger partial charge in [-0.2, -0.15) is 0 Å². The first-order chi connectivity index (χ1) is 7.81. The number of amides is 1. The van der Waals surface area contributed by atoms with Crippen LogP contribution in [0.5, 0.6) is 0 Å². The van der Waals surface area contributed by atoms with Crippen molar-refractivity contribution >= 4 is 5.91 Å². The minimum Gasteiger partial charge on any atom is -0.379 e. The Morgan fingerprint density at radius 3 is 3.06 bits per heavy atom. The summed E-state index contributed by atoms with van der Waals surface area (Å²) < 4.78 is 10.7. The number of nitrogens with one attached hydrogen (secondary N) is 2. The van der Waals surface area contributed by atoms with Crippen LogP contribution in [0.1, 0.15) is 19.3 Å². The number of hydrogen-bond acceptors (Lipinski definition) is 4. The molecule has 1 amide bonds. The van der Waals surface area contributed by atoms with Crippen molar-refractivity contribution in [3.63, 3.8) is 0 Å². The molecule has 92 valence electrons. The number of hydrogen-bond donors (Lipinski definition) is 2. The molecule has 1 saturated carbocycles. The topological polar surface area (TPSA) is 59.6 Å². The van der Waals surface area contributed by atoms with E-state index in [0.717, 1.165) is 25.8 Å². The molecular weight excluding hydrogens is 208 g/mol. The Kier molecular flexibility index (Phi) is 4.15. The fourth-order valence-electron chi connectivity index (χ4n) is 2.38. The largest absolute Gasteiger partial charge is 0.379 e. The van der Waals surface area contributed by atoms with E-state index in [-0.39, 0.29) is 24.2 Å². The highest BCUT2D eigenvalue weighted by molar-refractivity contribution is 5.81. The molecule has 16 heavy (non-hydrogen) atoms. The van der Waals surface area contributed by atoms with Crippen LogP contribution in [0.2, 0.25) is 0 Å². The summed E-state index contributed by atoms with van der Waals surface area (Å²) in [6, 6.07) is 0.156. The van der Waals surface area contributed by atoms with E-state index in [9.17, 15) is 4.79 Å². The van der Waals surface area contributed by atoms with Crippen molar-refractivity contribution in [1.82, 2.24) is 10.6 Å². The zero-order valence-corrected chi connectivity index (χ0v) is 9.70. The SMILES string of the molecule is COC1CCCC1NC(=O)C1CNCCO1. The van der Waals surface area contributed by atoms with Gasteiger partial charge in [0.2, 0.25) is 0 Å². The Hall–Kier alpha value is -0.650. The number of ether oxygens (including phenoxy) is 2. The molecule has 1 saturated heterocycles. The van der Waals surface area contributed by atoms with Gasteiger partial charge in [0.15, 0.2) is 0 Å². The fraction of sp³-hybridized carbons (Fsp3) is 0.909. The van der Waals surface area contributed by atoms with Crippen LogP contribution in [0.4, 0.5) is 0 Å². The van der Waals surface area contributed by atoms with Gasteiger partial charge in [-0.05, 0) is 19.3 Å². The van der Waals surface area contributed by atoms with Crippen molar-refractivity contribution < 1.29 is 14.3 Å². The number of methoxy groups -OCH3 is 1. The highest BCUT2D eigenvalue weighted by atomic mass is 16.5. The summed E-state index contributed by atoms with van der Waals surface area (Å²) in [5.41, 5.74) is 0. The summed E-state index contributed by atoms with van der Waals surface area (Å²) in [6.45, 7) is 2.04. The third-order valence-electron chi connectivity index (χ3n) is 3.30. The van der Waals surface area contributed by atoms with Crippen LogP contribution in [0, 0.1) is 0 Å². The first-order valence-corrected chi connectivity index (χ1v) is 5.96. The molecule has 5 nitrogen and oxygen atoms in total. The average molecular weight is 228 g/mol. The van der Waals surface area contributed by atoms with Gasteiger partial charge in [-0.3, -0.25) is 4.79 Å². The zero-order valence-electron chi connectivity index (χ0n) is 9.70. The van der Waals surface area contributed by atoms with Gasteiger partial charge in [0, 0.05) is 20.2 Å². The Balaban J connectivity index is 1.81. The Labute approximate surface area is 95.9 Å². The lowest BCUT2D eigenvalue weighted by molar-refractivity contribution is -0.135. The van der Waals surface area contributed by atoms with Crippen LogP contribution >= 0.6 is 0 Å². The quantitative estimate of drug-likeness (QED) is 0.694. The highest BCUT2D eigenvalue weighted by Gasteiger charge is 2.31. The molecule has 2 N–H and O–H groups in total. The monoisotopic (exact) mass is 228 g/mol. The van der Waals surface area contributed by atoms with Gasteiger partial charge in [-0.1, -0.05) is 0 Å². The predicted octanol–water partition coefficient (Wildman–Crippen LogP) is -0.341. The molecule has 0 aromatic rings. The molecule has 0 aromatic carbocycles. The molecule has 3 atom stereocenters. The summed E-state index contributed by atoms with van der Waals surface area (Å²) in [5.74, 6) is -0.0128. The molecule has 0 bridgehead atoms. The van der Waals surface area contributed by atoms with Crippen LogP contribution in [0.25, 0.3) is 0 Å². The van der Waals surface area contributed by atoms with E-state index in [1.54, 1.807) is 7.11 Å². The van der Waals surface area contributed by atoms with Crippen LogP contribution in [0.15, 0.2) is 0 Å². The van der Waals surface area contributed by atoms with Gasteiger partial charge in [-0.25, -0.2) is 0 Å². The first kappa shape index (κ1) is 11.8. The predicted molar refractivity (Wildman–Crippen MR) is 59.2 cm³/mol. The molecule has 1 heterocycles. The number of morpholine rings is 1. The maximum Gasteiger partial charge on any atom is 0.250 e. The van der Waals surface area contributed by atoms with Gasteiger partial charge in [0.05, 0.1) is 18.8 Å². The number of carbonyl (C=O) groups is 1. The summed E-state index contributed by atoms with van der Waals surface area (Å²) in [5, 5.41) is 6.17. The smallest absolute Gasteiger partial charge is 0.250 e. The van der Waals surface area contributed by atoms with E-state index in [4.69, 9.17) is 9.47 Å². The molecule has 3 unspecified atom stereocenters. The molecule has 2 aliphatic rings. The molecule has 0 spiro atoms. The highest BCUT2D eigenvalue weighted by Crippen LogP contribution is 2.21. The van der Waals surface area contributed by atoms with E-state index in [0.29, 0.717) is 13.2 Å². The number of rotatable bonds is 3. The maximum absolute atomic E-state index is 11.9. The van der Waals surface area contributed by atoms with Crippen molar-refractivity contribution in [3.05, 3.63) is 0 Å². The van der Waals surface area contributed by atoms with Crippen molar-refractivity contribution in [3.8, 4) is 0 Å². The second-order valence-corrected chi connectivity index (χ2v) is 4.38. The van der Waals surface area contributed by atoms with Crippen LogP contribution in [0.3, 0.4) is 0 Å². The van der Waals surface area contributed by atoms with Crippen LogP contribution in [-0.2, 0) is 14.3 Å². The molecule has 0 aromatic heterocycles. The molecule has 1 aliphatic heterocycles. The van der Waals surface area contributed by atoms with E-state index in [1.165, 1.54) is 0 Å². The van der Waals surface area contributed by atoms with Crippen molar-refractivity contribution in [2.45, 2.75) is 37.5 Å². The minimum absolute atomic E-state index is 0.0128. The molecule has 1 aliphatic carbocycles. The number of carbonyl (C=O) groups excluding carboxylic acids is 1. The third-order valence-corrected chi connectivity index (χ3v) is 3.30. The lowest BCUT2D eigenvalue weighted by Gasteiger charge is -2.26. The summed E-state index contributed by atoms with van der Waals surface area (Å²) in [4.78, 5) is 11.9. The zero-order chi connectivity index (χ0) is 11.4. The average Bonchev–Trinajstić information content (AvgIpc) is 2.77. The lowest BCUT2D eigenvalue weighted by atomic mass is 10.2. The fourth-order valence-corrected chi connectivity index (χ4v) is 2.38. The van der Waals surface area contributed by atoms with Gasteiger partial charge >= 0.3 is 0 Å². The van der Waals surface area contributed by atoms with E-state index in [2.05, 4.69) is 10.6 Å². The molecule has 0 radical (unpaired) electrons. The van der Waals surface area contributed by atoms with E-state index < -0.39 is 0 Å². The van der Waals surface area contributed by atoms with E-state index >= 15 is 0 Å².